The Hall–Kier alpha value is -2.92. The molecule has 0 spiro atoms. The minimum Gasteiger partial charge on any atom is -0.270 e. The molecule has 0 aliphatic heterocycles. The maximum Gasteiger partial charge on any atom is 0.196 e. The van der Waals surface area contributed by atoms with Gasteiger partial charge in [0.2, 0.25) is 0 Å². The molecule has 2 aromatic carbocycles. The van der Waals surface area contributed by atoms with Crippen LogP contribution in [0.2, 0.25) is 0 Å². The number of thioether (sulfide) groups is 1. The molecule has 0 saturated carbocycles. The summed E-state index contributed by atoms with van der Waals surface area (Å²) in [6, 6.07) is 20.7. The summed E-state index contributed by atoms with van der Waals surface area (Å²) in [6.07, 6.45) is 3.59. The van der Waals surface area contributed by atoms with Gasteiger partial charge in [0.15, 0.2) is 11.0 Å². The van der Waals surface area contributed by atoms with Crippen LogP contribution in [0.15, 0.2) is 78.2 Å². The molecule has 27 heavy (non-hydrogen) atoms. The molecule has 0 fully saturated rings. The molecule has 2 aromatic heterocycles. The van der Waals surface area contributed by atoms with E-state index in [1.165, 1.54) is 16.7 Å². The number of nitrogens with zero attached hydrogens (tertiary/aromatic N) is 4. The van der Waals surface area contributed by atoms with Crippen LogP contribution in [-0.4, -0.2) is 19.7 Å². The van der Waals surface area contributed by atoms with E-state index in [0.29, 0.717) is 0 Å². The summed E-state index contributed by atoms with van der Waals surface area (Å²) in [6.45, 7) is 4.29. The van der Waals surface area contributed by atoms with Crippen molar-refractivity contribution in [3.05, 3.63) is 89.7 Å². The summed E-state index contributed by atoms with van der Waals surface area (Å²) >= 11 is 1.69. The van der Waals surface area contributed by atoms with E-state index in [0.717, 1.165) is 28.0 Å². The number of hydrogen-bond acceptors (Lipinski definition) is 4. The summed E-state index contributed by atoms with van der Waals surface area (Å²) < 4.78 is 2.10. The first-order valence-electron chi connectivity index (χ1n) is 8.82. The molecule has 4 rings (SSSR count). The highest BCUT2D eigenvalue weighted by Crippen LogP contribution is 2.29. The van der Waals surface area contributed by atoms with Gasteiger partial charge in [-0.2, -0.15) is 0 Å². The van der Waals surface area contributed by atoms with Gasteiger partial charge in [-0.05, 0) is 54.8 Å². The van der Waals surface area contributed by atoms with Crippen LogP contribution in [0.5, 0.6) is 0 Å². The zero-order valence-electron chi connectivity index (χ0n) is 15.3. The van der Waals surface area contributed by atoms with Gasteiger partial charge >= 0.3 is 0 Å². The van der Waals surface area contributed by atoms with Crippen molar-refractivity contribution < 1.29 is 0 Å². The fraction of sp³-hybridized carbons (Fsp3) is 0.136. The van der Waals surface area contributed by atoms with E-state index in [1.807, 2.05) is 36.5 Å². The molecule has 4 nitrogen and oxygen atoms in total. The van der Waals surface area contributed by atoms with Gasteiger partial charge in [-0.25, -0.2) is 0 Å². The van der Waals surface area contributed by atoms with Gasteiger partial charge in [0.1, 0.15) is 0 Å². The average Bonchev–Trinajstić information content (AvgIpc) is 3.14. The number of para-hydroxylation sites is 1. The molecular weight excluding hydrogens is 352 g/mol. The lowest BCUT2D eigenvalue weighted by Gasteiger charge is -2.10. The van der Waals surface area contributed by atoms with Gasteiger partial charge < -0.3 is 0 Å². The number of aromatic nitrogens is 4. The predicted octanol–water partition coefficient (Wildman–Crippen LogP) is 5.24. The Morgan fingerprint density at radius 3 is 2.48 bits per heavy atom. The van der Waals surface area contributed by atoms with E-state index in [1.54, 1.807) is 18.0 Å². The van der Waals surface area contributed by atoms with E-state index in [2.05, 4.69) is 63.9 Å². The van der Waals surface area contributed by atoms with Crippen LogP contribution in [0.25, 0.3) is 17.1 Å². The van der Waals surface area contributed by atoms with Crippen LogP contribution in [0.1, 0.15) is 16.7 Å². The molecule has 0 bridgehead atoms. The SMILES string of the molecule is Cc1ccc(CSc2nnc(-c3cccnc3)n2-c2ccccc2)cc1C. The fourth-order valence-corrected chi connectivity index (χ4v) is 3.79. The minimum atomic E-state index is 0.803. The van der Waals surface area contributed by atoms with Crippen molar-refractivity contribution in [3.8, 4) is 17.1 Å². The molecule has 0 amide bonds. The van der Waals surface area contributed by atoms with Crippen LogP contribution in [-0.2, 0) is 5.75 Å². The quantitative estimate of drug-likeness (QED) is 0.450. The van der Waals surface area contributed by atoms with Crippen LogP contribution in [0, 0.1) is 13.8 Å². The molecule has 5 heteroatoms. The summed E-state index contributed by atoms with van der Waals surface area (Å²) in [4.78, 5) is 4.23. The average molecular weight is 372 g/mol. The standard InChI is InChI=1S/C22H20N4S/c1-16-10-11-18(13-17(16)2)15-27-22-25-24-21(19-7-6-12-23-14-19)26(22)20-8-4-3-5-9-20/h3-14H,15H2,1-2H3. The van der Waals surface area contributed by atoms with Crippen molar-refractivity contribution in [1.29, 1.82) is 0 Å². The lowest BCUT2D eigenvalue weighted by molar-refractivity contribution is 0.886. The topological polar surface area (TPSA) is 43.6 Å². The Labute approximate surface area is 163 Å². The van der Waals surface area contributed by atoms with Crippen LogP contribution >= 0.6 is 11.8 Å². The Bertz CT molecular complexity index is 1040. The summed E-state index contributed by atoms with van der Waals surface area (Å²) in [5.41, 5.74) is 5.91. The first-order chi connectivity index (χ1) is 13.2. The molecular formula is C22H20N4S. The normalized spacial score (nSPS) is 10.9. The lowest BCUT2D eigenvalue weighted by Crippen LogP contribution is -1.99. The lowest BCUT2D eigenvalue weighted by atomic mass is 10.1. The summed E-state index contributed by atoms with van der Waals surface area (Å²) in [7, 11) is 0. The fourth-order valence-electron chi connectivity index (χ4n) is 2.90. The molecule has 0 radical (unpaired) electrons. The molecule has 0 saturated heterocycles. The molecule has 0 aliphatic rings. The van der Waals surface area contributed by atoms with E-state index in [9.17, 15) is 0 Å². The Morgan fingerprint density at radius 1 is 0.889 bits per heavy atom. The monoisotopic (exact) mass is 372 g/mol. The van der Waals surface area contributed by atoms with Crippen LogP contribution in [0.3, 0.4) is 0 Å². The number of aryl methyl sites for hydroxylation is 2. The van der Waals surface area contributed by atoms with Gasteiger partial charge in [-0.15, -0.1) is 10.2 Å². The van der Waals surface area contributed by atoms with E-state index in [-0.39, 0.29) is 0 Å². The molecule has 0 atom stereocenters. The highest BCUT2D eigenvalue weighted by molar-refractivity contribution is 7.98. The Morgan fingerprint density at radius 2 is 1.74 bits per heavy atom. The second-order valence-corrected chi connectivity index (χ2v) is 7.37. The maximum atomic E-state index is 4.47. The van der Waals surface area contributed by atoms with E-state index >= 15 is 0 Å². The zero-order valence-corrected chi connectivity index (χ0v) is 16.1. The second kappa shape index (κ2) is 7.76. The van der Waals surface area contributed by atoms with Gasteiger partial charge in [0.25, 0.3) is 0 Å². The van der Waals surface area contributed by atoms with Gasteiger partial charge in [0, 0.05) is 29.4 Å². The van der Waals surface area contributed by atoms with Crippen LogP contribution in [0.4, 0.5) is 0 Å². The predicted molar refractivity (Wildman–Crippen MR) is 110 cm³/mol. The van der Waals surface area contributed by atoms with Crippen molar-refractivity contribution in [2.45, 2.75) is 24.8 Å². The molecule has 0 N–H and O–H groups in total. The van der Waals surface area contributed by atoms with Crippen molar-refractivity contribution in [2.75, 3.05) is 0 Å². The minimum absolute atomic E-state index is 0.803. The van der Waals surface area contributed by atoms with Gasteiger partial charge in [0.05, 0.1) is 0 Å². The molecule has 0 unspecified atom stereocenters. The number of pyridine rings is 1. The largest absolute Gasteiger partial charge is 0.270 e. The zero-order chi connectivity index (χ0) is 18.6. The second-order valence-electron chi connectivity index (χ2n) is 6.43. The highest BCUT2D eigenvalue weighted by Gasteiger charge is 2.16. The first kappa shape index (κ1) is 17.5. The van der Waals surface area contributed by atoms with Crippen molar-refractivity contribution in [2.24, 2.45) is 0 Å². The van der Waals surface area contributed by atoms with Crippen molar-refractivity contribution in [3.63, 3.8) is 0 Å². The Kier molecular flexibility index (Phi) is 5.03. The van der Waals surface area contributed by atoms with Gasteiger partial charge in [-0.3, -0.25) is 9.55 Å². The molecule has 0 aliphatic carbocycles. The Balaban J connectivity index is 1.70. The maximum absolute atomic E-state index is 4.47. The highest BCUT2D eigenvalue weighted by atomic mass is 32.2. The third-order valence-corrected chi connectivity index (χ3v) is 5.51. The third kappa shape index (κ3) is 3.78. The number of benzene rings is 2. The number of hydrogen-bond donors (Lipinski definition) is 0. The van der Waals surface area contributed by atoms with Crippen molar-refractivity contribution >= 4 is 11.8 Å². The number of rotatable bonds is 5. The summed E-state index contributed by atoms with van der Waals surface area (Å²) in [5, 5.41) is 9.80. The molecule has 4 aromatic rings. The van der Waals surface area contributed by atoms with Crippen molar-refractivity contribution in [1.82, 2.24) is 19.7 Å². The van der Waals surface area contributed by atoms with Gasteiger partial charge in [-0.1, -0.05) is 48.2 Å². The molecule has 134 valence electrons. The third-order valence-electron chi connectivity index (χ3n) is 4.51. The first-order valence-corrected chi connectivity index (χ1v) is 9.81. The summed E-state index contributed by atoms with van der Waals surface area (Å²) in [5.74, 6) is 1.65. The smallest absolute Gasteiger partial charge is 0.196 e. The van der Waals surface area contributed by atoms with E-state index in [4.69, 9.17) is 0 Å². The van der Waals surface area contributed by atoms with Crippen LogP contribution < -0.4 is 0 Å². The van der Waals surface area contributed by atoms with E-state index < -0.39 is 0 Å². The molecule has 2 heterocycles.